The minimum Gasteiger partial charge on any atom is -0.481 e. The summed E-state index contributed by atoms with van der Waals surface area (Å²) in [5.74, 6) is -3.31. The number of carbonyl (C=O) groups is 2. The molecule has 0 aromatic rings. The van der Waals surface area contributed by atoms with E-state index in [1.807, 2.05) is 5.32 Å². The Morgan fingerprint density at radius 1 is 1.29 bits per heavy atom. The molecule has 3 N–H and O–H groups in total. The maximum Gasteiger partial charge on any atom is 0.471 e. The van der Waals surface area contributed by atoms with E-state index in [4.69, 9.17) is 5.11 Å². The molecule has 8 heteroatoms. The van der Waals surface area contributed by atoms with Crippen LogP contribution in [0.2, 0.25) is 0 Å². The molecule has 0 unspecified atom stereocenters. The summed E-state index contributed by atoms with van der Waals surface area (Å²) in [5.41, 5.74) is -1.30. The highest BCUT2D eigenvalue weighted by atomic mass is 19.4. The van der Waals surface area contributed by atoms with E-state index in [1.54, 1.807) is 0 Å². The van der Waals surface area contributed by atoms with Crippen LogP contribution in [0.1, 0.15) is 19.3 Å². The van der Waals surface area contributed by atoms with Crippen molar-refractivity contribution in [3.8, 4) is 0 Å². The van der Waals surface area contributed by atoms with E-state index >= 15 is 0 Å². The topological polar surface area (TPSA) is 78.4 Å². The van der Waals surface area contributed by atoms with E-state index in [2.05, 4.69) is 5.32 Å². The van der Waals surface area contributed by atoms with E-state index in [9.17, 15) is 22.8 Å². The van der Waals surface area contributed by atoms with E-state index in [1.165, 1.54) is 0 Å². The minimum atomic E-state index is -4.99. The summed E-state index contributed by atoms with van der Waals surface area (Å²) >= 11 is 0. The highest BCUT2D eigenvalue weighted by Crippen LogP contribution is 2.25. The quantitative estimate of drug-likeness (QED) is 0.675. The zero-order valence-electron chi connectivity index (χ0n) is 8.93. The Bertz CT molecular complexity index is 311. The maximum absolute atomic E-state index is 12.1. The number of alkyl halides is 3. The maximum atomic E-state index is 12.1. The molecule has 0 saturated carbocycles. The number of carboxylic acid groups (broad SMARTS) is 1. The number of amides is 1. The van der Waals surface area contributed by atoms with Crippen LogP contribution in [0.15, 0.2) is 0 Å². The Hall–Kier alpha value is -1.31. The lowest BCUT2D eigenvalue weighted by atomic mass is 9.85. The Kier molecular flexibility index (Phi) is 3.97. The molecule has 98 valence electrons. The van der Waals surface area contributed by atoms with Gasteiger partial charge < -0.3 is 15.7 Å². The Morgan fingerprint density at radius 3 is 2.24 bits per heavy atom. The van der Waals surface area contributed by atoms with Crippen molar-refractivity contribution in [1.82, 2.24) is 10.6 Å². The molecule has 1 aliphatic heterocycles. The molecule has 1 saturated heterocycles. The molecule has 0 aromatic carbocycles. The van der Waals surface area contributed by atoms with Crippen LogP contribution in [0.4, 0.5) is 13.2 Å². The number of hydrogen-bond donors (Lipinski definition) is 3. The summed E-state index contributed by atoms with van der Waals surface area (Å²) < 4.78 is 36.4. The molecule has 0 aliphatic carbocycles. The molecule has 17 heavy (non-hydrogen) atoms. The average molecular weight is 254 g/mol. The van der Waals surface area contributed by atoms with Crippen molar-refractivity contribution in [2.75, 3.05) is 13.1 Å². The number of halogens is 3. The van der Waals surface area contributed by atoms with Gasteiger partial charge in [-0.05, 0) is 25.9 Å². The van der Waals surface area contributed by atoms with Crippen molar-refractivity contribution < 1.29 is 27.9 Å². The third-order valence-corrected chi connectivity index (χ3v) is 2.69. The third-order valence-electron chi connectivity index (χ3n) is 2.69. The minimum absolute atomic E-state index is 0.168. The Morgan fingerprint density at radius 2 is 1.82 bits per heavy atom. The van der Waals surface area contributed by atoms with Gasteiger partial charge in [-0.3, -0.25) is 9.59 Å². The predicted octanol–water partition coefficient (Wildman–Crippen LogP) is 0.262. The van der Waals surface area contributed by atoms with Gasteiger partial charge in [0.2, 0.25) is 0 Å². The number of carboxylic acids is 1. The SMILES string of the molecule is O=C(O)CC1(NC(=O)C(F)(F)F)CCNCC1. The van der Waals surface area contributed by atoms with Crippen LogP contribution in [-0.2, 0) is 9.59 Å². The van der Waals surface area contributed by atoms with Crippen LogP contribution in [0, 0.1) is 0 Å². The summed E-state index contributed by atoms with van der Waals surface area (Å²) in [6.45, 7) is 0.761. The first-order valence-corrected chi connectivity index (χ1v) is 5.07. The van der Waals surface area contributed by atoms with Crippen LogP contribution >= 0.6 is 0 Å². The van der Waals surface area contributed by atoms with Crippen molar-refractivity contribution in [2.45, 2.75) is 31.0 Å². The van der Waals surface area contributed by atoms with E-state index < -0.39 is 30.0 Å². The molecular formula is C9H13F3N2O3. The zero-order chi connectivity index (χ0) is 13.1. The molecule has 1 rings (SSSR count). The lowest BCUT2D eigenvalue weighted by Crippen LogP contribution is -2.58. The third kappa shape index (κ3) is 3.88. The van der Waals surface area contributed by atoms with Crippen LogP contribution in [0.25, 0.3) is 0 Å². The Labute approximate surface area is 95.4 Å². The average Bonchev–Trinajstić information content (AvgIpc) is 2.15. The molecule has 1 aliphatic rings. The molecule has 5 nitrogen and oxygen atoms in total. The van der Waals surface area contributed by atoms with Crippen molar-refractivity contribution >= 4 is 11.9 Å². The number of carbonyl (C=O) groups excluding carboxylic acids is 1. The van der Waals surface area contributed by atoms with E-state index in [0.717, 1.165) is 0 Å². The van der Waals surface area contributed by atoms with E-state index in [0.29, 0.717) is 13.1 Å². The van der Waals surface area contributed by atoms with Gasteiger partial charge in [-0.1, -0.05) is 0 Å². The number of hydrogen-bond acceptors (Lipinski definition) is 3. The number of nitrogens with one attached hydrogen (secondary N) is 2. The summed E-state index contributed by atoms with van der Waals surface area (Å²) in [4.78, 5) is 21.5. The lowest BCUT2D eigenvalue weighted by Gasteiger charge is -2.37. The second-order valence-electron chi connectivity index (χ2n) is 4.05. The number of piperidine rings is 1. The first-order chi connectivity index (χ1) is 7.75. The fraction of sp³-hybridized carbons (Fsp3) is 0.778. The lowest BCUT2D eigenvalue weighted by molar-refractivity contribution is -0.176. The normalized spacial score (nSPS) is 19.7. The molecular weight excluding hydrogens is 241 g/mol. The molecule has 1 amide bonds. The molecule has 0 aromatic heterocycles. The van der Waals surface area contributed by atoms with Crippen molar-refractivity contribution in [2.24, 2.45) is 0 Å². The molecule has 1 heterocycles. The first-order valence-electron chi connectivity index (χ1n) is 5.07. The van der Waals surface area contributed by atoms with Gasteiger partial charge in [-0.25, -0.2) is 0 Å². The molecule has 0 radical (unpaired) electrons. The monoisotopic (exact) mass is 254 g/mol. The Balaban J connectivity index is 2.76. The molecule has 0 spiro atoms. The zero-order valence-corrected chi connectivity index (χ0v) is 8.93. The van der Waals surface area contributed by atoms with E-state index in [-0.39, 0.29) is 12.8 Å². The van der Waals surface area contributed by atoms with Gasteiger partial charge in [0.1, 0.15) is 0 Å². The summed E-state index contributed by atoms with van der Waals surface area (Å²) in [6.07, 6.45) is -5.16. The van der Waals surface area contributed by atoms with Gasteiger partial charge in [0.15, 0.2) is 0 Å². The van der Waals surface area contributed by atoms with Crippen LogP contribution < -0.4 is 10.6 Å². The fourth-order valence-electron chi connectivity index (χ4n) is 1.85. The smallest absolute Gasteiger partial charge is 0.471 e. The standard InChI is InChI=1S/C9H13F3N2O3/c10-9(11,12)7(17)14-8(5-6(15)16)1-3-13-4-2-8/h13H,1-5H2,(H,14,17)(H,15,16). The van der Waals surface area contributed by atoms with Gasteiger partial charge in [0.25, 0.3) is 0 Å². The van der Waals surface area contributed by atoms with Crippen LogP contribution in [0.3, 0.4) is 0 Å². The van der Waals surface area contributed by atoms with Gasteiger partial charge in [-0.2, -0.15) is 13.2 Å². The van der Waals surface area contributed by atoms with Crippen molar-refractivity contribution in [3.05, 3.63) is 0 Å². The second-order valence-corrected chi connectivity index (χ2v) is 4.05. The predicted molar refractivity (Wildman–Crippen MR) is 51.3 cm³/mol. The highest BCUT2D eigenvalue weighted by molar-refractivity contribution is 5.83. The molecule has 1 fully saturated rings. The second kappa shape index (κ2) is 4.91. The van der Waals surface area contributed by atoms with Gasteiger partial charge in [0, 0.05) is 0 Å². The first kappa shape index (κ1) is 13.8. The highest BCUT2D eigenvalue weighted by Gasteiger charge is 2.45. The molecule has 0 bridgehead atoms. The van der Waals surface area contributed by atoms with Gasteiger partial charge >= 0.3 is 18.1 Å². The largest absolute Gasteiger partial charge is 0.481 e. The fourth-order valence-corrected chi connectivity index (χ4v) is 1.85. The molecule has 0 atom stereocenters. The van der Waals surface area contributed by atoms with Gasteiger partial charge in [0.05, 0.1) is 12.0 Å². The summed E-state index contributed by atoms with van der Waals surface area (Å²) in [5, 5.41) is 13.4. The summed E-state index contributed by atoms with van der Waals surface area (Å²) in [7, 11) is 0. The summed E-state index contributed by atoms with van der Waals surface area (Å²) in [6, 6.07) is 0. The van der Waals surface area contributed by atoms with Crippen molar-refractivity contribution in [1.29, 1.82) is 0 Å². The number of aliphatic carboxylic acids is 1. The van der Waals surface area contributed by atoms with Crippen molar-refractivity contribution in [3.63, 3.8) is 0 Å². The van der Waals surface area contributed by atoms with Gasteiger partial charge in [-0.15, -0.1) is 0 Å². The number of rotatable bonds is 3. The van der Waals surface area contributed by atoms with Crippen LogP contribution in [0.5, 0.6) is 0 Å². The van der Waals surface area contributed by atoms with Crippen LogP contribution in [-0.4, -0.2) is 41.8 Å².